The van der Waals surface area contributed by atoms with Crippen LogP contribution in [0.25, 0.3) is 0 Å². The lowest BCUT2D eigenvalue weighted by Gasteiger charge is -2.32. The number of benzene rings is 2. The summed E-state index contributed by atoms with van der Waals surface area (Å²) in [6, 6.07) is 20.3. The molecule has 1 N–H and O–H groups in total. The Morgan fingerprint density at radius 3 is 2.19 bits per heavy atom. The Bertz CT molecular complexity index is 579. The molecule has 21 heavy (non-hydrogen) atoms. The molecule has 2 atom stereocenters. The minimum atomic E-state index is 0.0448. The minimum absolute atomic E-state index is 0.0448. The first-order valence-corrected chi connectivity index (χ1v) is 7.75. The van der Waals surface area contributed by atoms with E-state index in [0.717, 1.165) is 18.4 Å². The highest BCUT2D eigenvalue weighted by Crippen LogP contribution is 2.33. The van der Waals surface area contributed by atoms with Gasteiger partial charge in [-0.15, -0.1) is 0 Å². The molecule has 0 radical (unpaired) electrons. The van der Waals surface area contributed by atoms with Crippen molar-refractivity contribution in [2.75, 3.05) is 0 Å². The lowest BCUT2D eigenvalue weighted by molar-refractivity contribution is 0.0921. The Hall–Kier alpha value is -2.09. The zero-order chi connectivity index (χ0) is 14.5. The van der Waals surface area contributed by atoms with Crippen molar-refractivity contribution in [3.63, 3.8) is 0 Å². The molecule has 1 saturated carbocycles. The molecule has 108 valence electrons. The minimum Gasteiger partial charge on any atom is -0.349 e. The molecule has 0 spiro atoms. The van der Waals surface area contributed by atoms with Crippen LogP contribution in [0.15, 0.2) is 60.7 Å². The Morgan fingerprint density at radius 2 is 1.48 bits per heavy atom. The molecule has 1 aliphatic carbocycles. The van der Waals surface area contributed by atoms with E-state index in [9.17, 15) is 4.79 Å². The maximum atomic E-state index is 12.4. The van der Waals surface area contributed by atoms with Crippen molar-refractivity contribution in [3.8, 4) is 0 Å². The molecule has 3 rings (SSSR count). The van der Waals surface area contributed by atoms with Gasteiger partial charge < -0.3 is 5.32 Å². The van der Waals surface area contributed by atoms with E-state index in [2.05, 4.69) is 29.6 Å². The highest BCUT2D eigenvalue weighted by atomic mass is 16.1. The molecule has 0 saturated heterocycles. The molecule has 1 fully saturated rings. The van der Waals surface area contributed by atoms with Gasteiger partial charge in [-0.25, -0.2) is 0 Å². The number of amides is 1. The van der Waals surface area contributed by atoms with Gasteiger partial charge in [0.2, 0.25) is 0 Å². The average Bonchev–Trinajstić information content (AvgIpc) is 2.57. The van der Waals surface area contributed by atoms with Gasteiger partial charge in [0.15, 0.2) is 0 Å². The molecule has 2 heteroatoms. The first-order chi connectivity index (χ1) is 10.3. The predicted molar refractivity (Wildman–Crippen MR) is 85.3 cm³/mol. The second-order valence-corrected chi connectivity index (χ2v) is 5.75. The molecular formula is C19H21NO. The van der Waals surface area contributed by atoms with E-state index < -0.39 is 0 Å². The van der Waals surface area contributed by atoms with Crippen LogP contribution in [0.3, 0.4) is 0 Å². The van der Waals surface area contributed by atoms with Crippen molar-refractivity contribution in [1.82, 2.24) is 5.32 Å². The summed E-state index contributed by atoms with van der Waals surface area (Å²) in [7, 11) is 0. The number of carbonyl (C=O) groups excluding carboxylic acids is 1. The second kappa shape index (κ2) is 6.57. The molecule has 2 nitrogen and oxygen atoms in total. The molecule has 0 heterocycles. The number of hydrogen-bond donors (Lipinski definition) is 1. The molecule has 1 amide bonds. The van der Waals surface area contributed by atoms with Crippen molar-refractivity contribution in [2.24, 2.45) is 0 Å². The number of carbonyl (C=O) groups is 1. The third-order valence-corrected chi connectivity index (χ3v) is 4.35. The van der Waals surface area contributed by atoms with Gasteiger partial charge in [0.05, 0.1) is 0 Å². The van der Waals surface area contributed by atoms with E-state index >= 15 is 0 Å². The van der Waals surface area contributed by atoms with Crippen LogP contribution in [0.2, 0.25) is 0 Å². The third kappa shape index (κ3) is 3.33. The quantitative estimate of drug-likeness (QED) is 0.898. The van der Waals surface area contributed by atoms with Crippen LogP contribution < -0.4 is 5.32 Å². The standard InChI is InChI=1S/C19H21NO/c21-19(16-11-5-2-6-12-16)20-18-14-8-7-13-17(18)15-9-3-1-4-10-15/h1-6,9-12,17-18H,7-8,13-14H2,(H,20,21)/t17-,18-/m1/s1. The van der Waals surface area contributed by atoms with E-state index in [0.29, 0.717) is 5.92 Å². The van der Waals surface area contributed by atoms with E-state index in [1.807, 2.05) is 36.4 Å². The Morgan fingerprint density at radius 1 is 0.857 bits per heavy atom. The van der Waals surface area contributed by atoms with E-state index in [1.165, 1.54) is 18.4 Å². The van der Waals surface area contributed by atoms with Crippen LogP contribution in [0, 0.1) is 0 Å². The molecule has 1 aliphatic rings. The fourth-order valence-corrected chi connectivity index (χ4v) is 3.24. The molecule has 0 aliphatic heterocycles. The first kappa shape index (κ1) is 13.9. The van der Waals surface area contributed by atoms with Crippen LogP contribution in [0.5, 0.6) is 0 Å². The fourth-order valence-electron chi connectivity index (χ4n) is 3.24. The van der Waals surface area contributed by atoms with Gasteiger partial charge in [-0.3, -0.25) is 4.79 Å². The lowest BCUT2D eigenvalue weighted by Crippen LogP contribution is -2.41. The Balaban J connectivity index is 1.75. The number of nitrogens with one attached hydrogen (secondary N) is 1. The van der Waals surface area contributed by atoms with Gasteiger partial charge in [-0.1, -0.05) is 61.4 Å². The van der Waals surface area contributed by atoms with E-state index in [-0.39, 0.29) is 11.9 Å². The smallest absolute Gasteiger partial charge is 0.251 e. The van der Waals surface area contributed by atoms with Crippen molar-refractivity contribution in [1.29, 1.82) is 0 Å². The fraction of sp³-hybridized carbons (Fsp3) is 0.316. The van der Waals surface area contributed by atoms with Crippen molar-refractivity contribution < 1.29 is 4.79 Å². The van der Waals surface area contributed by atoms with Gasteiger partial charge in [-0.05, 0) is 30.5 Å². The summed E-state index contributed by atoms with van der Waals surface area (Å²) in [5, 5.41) is 3.24. The van der Waals surface area contributed by atoms with Crippen LogP contribution in [-0.2, 0) is 0 Å². The highest BCUT2D eigenvalue weighted by molar-refractivity contribution is 5.94. The molecule has 2 aromatic carbocycles. The van der Waals surface area contributed by atoms with Gasteiger partial charge in [0.25, 0.3) is 5.91 Å². The first-order valence-electron chi connectivity index (χ1n) is 7.75. The van der Waals surface area contributed by atoms with Gasteiger partial charge in [0.1, 0.15) is 0 Å². The summed E-state index contributed by atoms with van der Waals surface area (Å²) < 4.78 is 0. The Kier molecular flexibility index (Phi) is 4.34. The molecule has 0 unspecified atom stereocenters. The molecule has 0 aromatic heterocycles. The van der Waals surface area contributed by atoms with Crippen LogP contribution >= 0.6 is 0 Å². The number of rotatable bonds is 3. The zero-order valence-corrected chi connectivity index (χ0v) is 12.2. The molecular weight excluding hydrogens is 258 g/mol. The zero-order valence-electron chi connectivity index (χ0n) is 12.2. The normalized spacial score (nSPS) is 21.7. The van der Waals surface area contributed by atoms with Crippen molar-refractivity contribution in [2.45, 2.75) is 37.6 Å². The highest BCUT2D eigenvalue weighted by Gasteiger charge is 2.27. The summed E-state index contributed by atoms with van der Waals surface area (Å²) in [5.41, 5.74) is 2.09. The lowest BCUT2D eigenvalue weighted by atomic mass is 9.80. The second-order valence-electron chi connectivity index (χ2n) is 5.75. The van der Waals surface area contributed by atoms with E-state index in [4.69, 9.17) is 0 Å². The maximum absolute atomic E-state index is 12.4. The Labute approximate surface area is 126 Å². The van der Waals surface area contributed by atoms with Gasteiger partial charge >= 0.3 is 0 Å². The summed E-state index contributed by atoms with van der Waals surface area (Å²) in [5.74, 6) is 0.482. The SMILES string of the molecule is O=C(N[C@@H]1CCCC[C@@H]1c1ccccc1)c1ccccc1. The average molecular weight is 279 g/mol. The van der Waals surface area contributed by atoms with Crippen LogP contribution in [0.4, 0.5) is 0 Å². The summed E-state index contributed by atoms with van der Waals surface area (Å²) in [6.07, 6.45) is 4.67. The maximum Gasteiger partial charge on any atom is 0.251 e. The third-order valence-electron chi connectivity index (χ3n) is 4.35. The van der Waals surface area contributed by atoms with Gasteiger partial charge in [-0.2, -0.15) is 0 Å². The summed E-state index contributed by atoms with van der Waals surface area (Å²) >= 11 is 0. The molecule has 2 aromatic rings. The topological polar surface area (TPSA) is 29.1 Å². The van der Waals surface area contributed by atoms with Gasteiger partial charge in [0, 0.05) is 17.5 Å². The van der Waals surface area contributed by atoms with Crippen LogP contribution in [-0.4, -0.2) is 11.9 Å². The van der Waals surface area contributed by atoms with Crippen molar-refractivity contribution in [3.05, 3.63) is 71.8 Å². The largest absolute Gasteiger partial charge is 0.349 e. The van der Waals surface area contributed by atoms with Crippen LogP contribution in [0.1, 0.15) is 47.5 Å². The number of hydrogen-bond acceptors (Lipinski definition) is 1. The summed E-state index contributed by atoms with van der Waals surface area (Å²) in [4.78, 5) is 12.4. The summed E-state index contributed by atoms with van der Waals surface area (Å²) in [6.45, 7) is 0. The van der Waals surface area contributed by atoms with E-state index in [1.54, 1.807) is 0 Å². The monoisotopic (exact) mass is 279 g/mol. The van der Waals surface area contributed by atoms with Crippen molar-refractivity contribution >= 4 is 5.91 Å². The predicted octanol–water partition coefficient (Wildman–Crippen LogP) is 4.14. The molecule has 0 bridgehead atoms.